The average Bonchev–Trinajstić information content (AvgIpc) is 3.46. The first kappa shape index (κ1) is 19.3. The predicted molar refractivity (Wildman–Crippen MR) is 113 cm³/mol. The summed E-state index contributed by atoms with van der Waals surface area (Å²) in [6.45, 7) is 3.65. The molecule has 4 aromatic rings. The molecule has 0 saturated heterocycles. The zero-order chi connectivity index (χ0) is 21.2. The average molecular weight is 418 g/mol. The molecule has 2 aromatic heterocycles. The standard InChI is InChI=1S/C23H22N4O4/c1-3-29-18-10-6-16(7-11-18)22-25-23(31-26-22)21-19-13-30-20(12-27(19)14-24-21)15-4-8-17(28-2)9-5-15/h4-11,14,20H,3,12-13H2,1-2H3/t20-/m1/s1. The van der Waals surface area contributed by atoms with Crippen LogP contribution in [0.4, 0.5) is 0 Å². The van der Waals surface area contributed by atoms with Crippen LogP contribution in [0.5, 0.6) is 11.5 Å². The van der Waals surface area contributed by atoms with Crippen molar-refractivity contribution in [3.63, 3.8) is 0 Å². The summed E-state index contributed by atoms with van der Waals surface area (Å²) in [5.41, 5.74) is 3.52. The molecule has 8 nitrogen and oxygen atoms in total. The number of hydrogen-bond donors (Lipinski definition) is 0. The third-order valence-corrected chi connectivity index (χ3v) is 5.27. The molecule has 8 heteroatoms. The molecule has 0 bridgehead atoms. The summed E-state index contributed by atoms with van der Waals surface area (Å²) < 4.78 is 24.4. The van der Waals surface area contributed by atoms with Crippen LogP contribution in [0, 0.1) is 0 Å². The molecule has 1 aliphatic rings. The zero-order valence-corrected chi connectivity index (χ0v) is 17.3. The highest BCUT2D eigenvalue weighted by Gasteiger charge is 2.26. The molecule has 2 aromatic carbocycles. The number of fused-ring (bicyclic) bond motifs is 1. The van der Waals surface area contributed by atoms with Crippen molar-refractivity contribution in [3.05, 3.63) is 66.1 Å². The first-order chi connectivity index (χ1) is 15.2. The van der Waals surface area contributed by atoms with E-state index in [2.05, 4.69) is 19.7 Å². The lowest BCUT2D eigenvalue weighted by molar-refractivity contribution is 0.00328. The maximum atomic E-state index is 6.11. The van der Waals surface area contributed by atoms with Crippen LogP contribution in [0.15, 0.2) is 59.4 Å². The maximum absolute atomic E-state index is 6.11. The summed E-state index contributed by atoms with van der Waals surface area (Å²) in [6, 6.07) is 15.5. The molecule has 31 heavy (non-hydrogen) atoms. The fraction of sp³-hybridized carbons (Fsp3) is 0.261. The van der Waals surface area contributed by atoms with Crippen molar-refractivity contribution >= 4 is 0 Å². The quantitative estimate of drug-likeness (QED) is 0.462. The van der Waals surface area contributed by atoms with E-state index in [1.165, 1.54) is 0 Å². The molecule has 0 amide bonds. The van der Waals surface area contributed by atoms with Gasteiger partial charge in [-0.2, -0.15) is 4.98 Å². The van der Waals surface area contributed by atoms with Crippen molar-refractivity contribution in [2.45, 2.75) is 26.2 Å². The third kappa shape index (κ3) is 3.77. The molecule has 1 aliphatic heterocycles. The van der Waals surface area contributed by atoms with E-state index in [-0.39, 0.29) is 6.10 Å². The third-order valence-electron chi connectivity index (χ3n) is 5.27. The van der Waals surface area contributed by atoms with Gasteiger partial charge in [-0.3, -0.25) is 0 Å². The first-order valence-electron chi connectivity index (χ1n) is 10.1. The molecule has 0 spiro atoms. The second kappa shape index (κ2) is 8.23. The Morgan fingerprint density at radius 3 is 2.58 bits per heavy atom. The number of methoxy groups -OCH3 is 1. The topological polar surface area (TPSA) is 84.4 Å². The van der Waals surface area contributed by atoms with E-state index < -0.39 is 0 Å². The lowest BCUT2D eigenvalue weighted by Gasteiger charge is -2.25. The highest BCUT2D eigenvalue weighted by Crippen LogP contribution is 2.32. The Morgan fingerprint density at radius 2 is 1.84 bits per heavy atom. The Kier molecular flexibility index (Phi) is 5.13. The highest BCUT2D eigenvalue weighted by atomic mass is 16.5. The number of rotatable bonds is 6. The van der Waals surface area contributed by atoms with Gasteiger partial charge in [0.05, 0.1) is 38.9 Å². The van der Waals surface area contributed by atoms with Gasteiger partial charge >= 0.3 is 0 Å². The Hall–Kier alpha value is -3.65. The number of aromatic nitrogens is 4. The van der Waals surface area contributed by atoms with Crippen molar-refractivity contribution in [1.82, 2.24) is 19.7 Å². The fourth-order valence-electron chi connectivity index (χ4n) is 3.63. The minimum absolute atomic E-state index is 0.0532. The molecule has 0 fully saturated rings. The van der Waals surface area contributed by atoms with Crippen molar-refractivity contribution in [1.29, 1.82) is 0 Å². The number of hydrogen-bond acceptors (Lipinski definition) is 7. The van der Waals surface area contributed by atoms with E-state index in [9.17, 15) is 0 Å². The Balaban J connectivity index is 1.35. The van der Waals surface area contributed by atoms with E-state index in [0.29, 0.717) is 37.2 Å². The minimum atomic E-state index is -0.0532. The number of ether oxygens (including phenoxy) is 3. The molecule has 0 N–H and O–H groups in total. The van der Waals surface area contributed by atoms with Crippen LogP contribution in [0.1, 0.15) is 24.3 Å². The van der Waals surface area contributed by atoms with Gasteiger partial charge in [-0.1, -0.05) is 17.3 Å². The predicted octanol–water partition coefficient (Wildman–Crippen LogP) is 4.28. The number of imidazole rings is 1. The lowest BCUT2D eigenvalue weighted by Crippen LogP contribution is -2.20. The number of nitrogens with zero attached hydrogens (tertiary/aromatic N) is 4. The van der Waals surface area contributed by atoms with Crippen LogP contribution in [0.3, 0.4) is 0 Å². The first-order valence-corrected chi connectivity index (χ1v) is 10.1. The van der Waals surface area contributed by atoms with Gasteiger partial charge in [0.25, 0.3) is 5.89 Å². The summed E-state index contributed by atoms with van der Waals surface area (Å²) in [6.07, 6.45) is 1.74. The highest BCUT2D eigenvalue weighted by molar-refractivity contribution is 5.59. The van der Waals surface area contributed by atoms with E-state index >= 15 is 0 Å². The van der Waals surface area contributed by atoms with Crippen LogP contribution in [-0.2, 0) is 17.9 Å². The van der Waals surface area contributed by atoms with Crippen LogP contribution in [0.2, 0.25) is 0 Å². The normalized spacial score (nSPS) is 15.5. The van der Waals surface area contributed by atoms with Crippen LogP contribution in [0.25, 0.3) is 23.0 Å². The SMILES string of the molecule is CCOc1ccc(-c2noc(-c3ncn4c3CO[C@@H](c3ccc(OC)cc3)C4)n2)cc1. The summed E-state index contributed by atoms with van der Waals surface area (Å²) in [7, 11) is 1.66. The Morgan fingerprint density at radius 1 is 1.06 bits per heavy atom. The van der Waals surface area contributed by atoms with Crippen LogP contribution < -0.4 is 9.47 Å². The molecule has 158 valence electrons. The molecule has 0 aliphatic carbocycles. The maximum Gasteiger partial charge on any atom is 0.278 e. The monoisotopic (exact) mass is 418 g/mol. The summed E-state index contributed by atoms with van der Waals surface area (Å²) >= 11 is 0. The van der Waals surface area contributed by atoms with Gasteiger partial charge < -0.3 is 23.3 Å². The molecular weight excluding hydrogens is 396 g/mol. The Bertz CT molecular complexity index is 1170. The van der Waals surface area contributed by atoms with Crippen molar-refractivity contribution in [2.24, 2.45) is 0 Å². The van der Waals surface area contributed by atoms with Crippen molar-refractivity contribution in [3.8, 4) is 34.5 Å². The second-order valence-corrected chi connectivity index (χ2v) is 7.15. The van der Waals surface area contributed by atoms with E-state index in [1.54, 1.807) is 13.4 Å². The Labute approximate surface area is 179 Å². The van der Waals surface area contributed by atoms with Crippen LogP contribution in [-0.4, -0.2) is 33.4 Å². The molecule has 5 rings (SSSR count). The van der Waals surface area contributed by atoms with Gasteiger partial charge in [-0.05, 0) is 48.9 Å². The number of benzene rings is 2. The van der Waals surface area contributed by atoms with Gasteiger partial charge in [0.1, 0.15) is 17.6 Å². The largest absolute Gasteiger partial charge is 0.497 e. The van der Waals surface area contributed by atoms with E-state index in [1.807, 2.05) is 55.5 Å². The van der Waals surface area contributed by atoms with Gasteiger partial charge in [-0.25, -0.2) is 4.98 Å². The van der Waals surface area contributed by atoms with E-state index in [4.69, 9.17) is 18.7 Å². The molecule has 0 saturated carbocycles. The molecule has 0 radical (unpaired) electrons. The van der Waals surface area contributed by atoms with Crippen molar-refractivity contribution < 1.29 is 18.7 Å². The smallest absolute Gasteiger partial charge is 0.278 e. The van der Waals surface area contributed by atoms with Crippen LogP contribution >= 0.6 is 0 Å². The molecule has 0 unspecified atom stereocenters. The summed E-state index contributed by atoms with van der Waals surface area (Å²) in [5.74, 6) is 2.52. The van der Waals surface area contributed by atoms with Gasteiger partial charge in [0.15, 0.2) is 5.69 Å². The van der Waals surface area contributed by atoms with Gasteiger partial charge in [-0.15, -0.1) is 0 Å². The zero-order valence-electron chi connectivity index (χ0n) is 17.3. The van der Waals surface area contributed by atoms with Crippen molar-refractivity contribution in [2.75, 3.05) is 13.7 Å². The summed E-state index contributed by atoms with van der Waals surface area (Å²) in [5, 5.41) is 4.12. The molecular formula is C23H22N4O4. The minimum Gasteiger partial charge on any atom is -0.497 e. The van der Waals surface area contributed by atoms with Gasteiger partial charge in [0.2, 0.25) is 5.82 Å². The van der Waals surface area contributed by atoms with Gasteiger partial charge in [0, 0.05) is 5.56 Å². The summed E-state index contributed by atoms with van der Waals surface area (Å²) in [4.78, 5) is 9.05. The lowest BCUT2D eigenvalue weighted by atomic mass is 10.1. The fourth-order valence-corrected chi connectivity index (χ4v) is 3.63. The second-order valence-electron chi connectivity index (χ2n) is 7.15. The van der Waals surface area contributed by atoms with E-state index in [0.717, 1.165) is 28.3 Å². The molecule has 1 atom stereocenters. The molecule has 3 heterocycles.